The first-order valence-electron chi connectivity index (χ1n) is 3.83. The molecule has 0 amide bonds. The van der Waals surface area contributed by atoms with E-state index in [1.165, 1.54) is 6.07 Å². The van der Waals surface area contributed by atoms with E-state index in [4.69, 9.17) is 22.4 Å². The van der Waals surface area contributed by atoms with Crippen LogP contribution in [0.25, 0.3) is 0 Å². The van der Waals surface area contributed by atoms with Crippen molar-refractivity contribution in [1.29, 1.82) is 0 Å². The monoisotopic (exact) mass is 222 g/mol. The summed E-state index contributed by atoms with van der Waals surface area (Å²) in [6.07, 6.45) is -2.75. The van der Waals surface area contributed by atoms with Crippen LogP contribution in [0.15, 0.2) is 6.07 Å². The van der Waals surface area contributed by atoms with Crippen LogP contribution in [-0.4, -0.2) is 10.1 Å². The number of aliphatic hydroxyl groups excluding tert-OH is 1. The maximum Gasteiger partial charge on any atom is 0.282 e. The molecule has 1 heterocycles. The van der Waals surface area contributed by atoms with Crippen molar-refractivity contribution in [3.8, 4) is 0 Å². The Morgan fingerprint density at radius 3 is 2.64 bits per heavy atom. The molecule has 1 aromatic heterocycles. The smallest absolute Gasteiger partial charge is 0.282 e. The maximum absolute atomic E-state index is 12.3. The zero-order valence-electron chi connectivity index (χ0n) is 7.17. The molecule has 0 saturated heterocycles. The highest BCUT2D eigenvalue weighted by molar-refractivity contribution is 6.17. The van der Waals surface area contributed by atoms with Gasteiger partial charge in [-0.2, -0.15) is 0 Å². The first-order chi connectivity index (χ1) is 6.60. The fourth-order valence-electron chi connectivity index (χ4n) is 1.05. The van der Waals surface area contributed by atoms with Gasteiger partial charge >= 0.3 is 0 Å². The Kier molecular flexibility index (Phi) is 3.60. The second kappa shape index (κ2) is 4.52. The molecule has 0 aliphatic carbocycles. The van der Waals surface area contributed by atoms with Crippen molar-refractivity contribution in [3.63, 3.8) is 0 Å². The molecular formula is C8H9ClF2N2O. The molecule has 0 atom stereocenters. The highest BCUT2D eigenvalue weighted by atomic mass is 35.5. The van der Waals surface area contributed by atoms with E-state index >= 15 is 0 Å². The lowest BCUT2D eigenvalue weighted by Crippen LogP contribution is -2.05. The van der Waals surface area contributed by atoms with Gasteiger partial charge in [0.1, 0.15) is 5.69 Å². The quantitative estimate of drug-likeness (QED) is 0.768. The first kappa shape index (κ1) is 11.1. The lowest BCUT2D eigenvalue weighted by Gasteiger charge is -2.09. The van der Waals surface area contributed by atoms with Gasteiger partial charge in [0.15, 0.2) is 0 Å². The molecule has 1 rings (SSSR count). The predicted molar refractivity (Wildman–Crippen MR) is 49.1 cm³/mol. The minimum absolute atomic E-state index is 0.0800. The SMILES string of the molecule is Nc1cc(CCl)c(CO)nc1C(F)F. The molecular weight excluding hydrogens is 214 g/mol. The van der Waals surface area contributed by atoms with E-state index < -0.39 is 18.7 Å². The predicted octanol–water partition coefficient (Wildman–Crippen LogP) is 1.83. The molecule has 6 heteroatoms. The number of aromatic nitrogens is 1. The zero-order valence-corrected chi connectivity index (χ0v) is 7.93. The van der Waals surface area contributed by atoms with Crippen LogP contribution in [0.3, 0.4) is 0 Å². The Bertz CT molecular complexity index is 333. The second-order valence-electron chi connectivity index (χ2n) is 2.66. The lowest BCUT2D eigenvalue weighted by molar-refractivity contribution is 0.146. The molecule has 3 N–H and O–H groups in total. The summed E-state index contributed by atoms with van der Waals surface area (Å²) >= 11 is 5.52. The number of alkyl halides is 3. The Hall–Kier alpha value is -0.940. The van der Waals surface area contributed by atoms with E-state index in [0.717, 1.165) is 0 Å². The third kappa shape index (κ3) is 2.10. The summed E-state index contributed by atoms with van der Waals surface area (Å²) < 4.78 is 24.6. The minimum atomic E-state index is -2.75. The van der Waals surface area contributed by atoms with E-state index in [1.807, 2.05) is 0 Å². The van der Waals surface area contributed by atoms with Gasteiger partial charge < -0.3 is 10.8 Å². The molecule has 0 aliphatic heterocycles. The largest absolute Gasteiger partial charge is 0.397 e. The number of nitrogens with two attached hydrogens (primary N) is 1. The number of nitrogen functional groups attached to an aromatic ring is 1. The molecule has 0 fully saturated rings. The van der Waals surface area contributed by atoms with Crippen LogP contribution in [0.5, 0.6) is 0 Å². The molecule has 78 valence electrons. The third-order valence-corrected chi connectivity index (χ3v) is 2.04. The highest BCUT2D eigenvalue weighted by Crippen LogP contribution is 2.25. The van der Waals surface area contributed by atoms with Crippen LogP contribution in [0.4, 0.5) is 14.5 Å². The molecule has 0 saturated carbocycles. The normalized spacial score (nSPS) is 10.9. The van der Waals surface area contributed by atoms with Crippen LogP contribution in [0.1, 0.15) is 23.4 Å². The van der Waals surface area contributed by atoms with Gasteiger partial charge in [0.2, 0.25) is 0 Å². The first-order valence-corrected chi connectivity index (χ1v) is 4.36. The number of pyridine rings is 1. The fraction of sp³-hybridized carbons (Fsp3) is 0.375. The summed E-state index contributed by atoms with van der Waals surface area (Å²) in [7, 11) is 0. The number of halogens is 3. The zero-order chi connectivity index (χ0) is 10.7. The van der Waals surface area contributed by atoms with Crippen LogP contribution >= 0.6 is 11.6 Å². The van der Waals surface area contributed by atoms with Crippen LogP contribution < -0.4 is 5.73 Å². The Labute approximate surface area is 84.5 Å². The Morgan fingerprint density at radius 1 is 1.57 bits per heavy atom. The second-order valence-corrected chi connectivity index (χ2v) is 2.93. The molecule has 1 aromatic rings. The molecule has 3 nitrogen and oxygen atoms in total. The van der Waals surface area contributed by atoms with Crippen molar-refractivity contribution in [2.24, 2.45) is 0 Å². The van der Waals surface area contributed by atoms with E-state index in [0.29, 0.717) is 5.56 Å². The van der Waals surface area contributed by atoms with Crippen LogP contribution in [-0.2, 0) is 12.5 Å². The average Bonchev–Trinajstić information content (AvgIpc) is 2.16. The fourth-order valence-corrected chi connectivity index (χ4v) is 1.29. The maximum atomic E-state index is 12.3. The number of hydrogen-bond acceptors (Lipinski definition) is 3. The van der Waals surface area contributed by atoms with Crippen LogP contribution in [0, 0.1) is 0 Å². The van der Waals surface area contributed by atoms with Gasteiger partial charge in [0, 0.05) is 5.88 Å². The topological polar surface area (TPSA) is 59.1 Å². The molecule has 0 spiro atoms. The molecule has 0 bridgehead atoms. The number of rotatable bonds is 3. The summed E-state index contributed by atoms with van der Waals surface area (Å²) in [5.41, 5.74) is 5.34. The average molecular weight is 223 g/mol. The summed E-state index contributed by atoms with van der Waals surface area (Å²) in [6, 6.07) is 1.31. The Balaban J connectivity index is 3.23. The van der Waals surface area contributed by atoms with Gasteiger partial charge in [-0.25, -0.2) is 13.8 Å². The molecule has 0 aliphatic rings. The van der Waals surface area contributed by atoms with Crippen molar-refractivity contribution in [2.45, 2.75) is 18.9 Å². The van der Waals surface area contributed by atoms with Gasteiger partial charge in [0.05, 0.1) is 18.0 Å². The minimum Gasteiger partial charge on any atom is -0.397 e. The third-order valence-electron chi connectivity index (χ3n) is 1.75. The van der Waals surface area contributed by atoms with E-state index in [2.05, 4.69) is 4.98 Å². The van der Waals surface area contributed by atoms with Gasteiger partial charge in [-0.15, -0.1) is 11.6 Å². The van der Waals surface area contributed by atoms with E-state index in [9.17, 15) is 8.78 Å². The lowest BCUT2D eigenvalue weighted by atomic mass is 10.1. The molecule has 14 heavy (non-hydrogen) atoms. The number of hydrogen-bond donors (Lipinski definition) is 2. The Morgan fingerprint density at radius 2 is 2.21 bits per heavy atom. The van der Waals surface area contributed by atoms with Crippen LogP contribution in [0.2, 0.25) is 0 Å². The van der Waals surface area contributed by atoms with Crippen molar-refractivity contribution in [1.82, 2.24) is 4.98 Å². The van der Waals surface area contributed by atoms with Gasteiger partial charge in [-0.3, -0.25) is 0 Å². The van der Waals surface area contributed by atoms with Gasteiger partial charge in [-0.1, -0.05) is 0 Å². The van der Waals surface area contributed by atoms with Gasteiger partial charge in [0.25, 0.3) is 6.43 Å². The van der Waals surface area contributed by atoms with Crippen molar-refractivity contribution >= 4 is 17.3 Å². The van der Waals surface area contributed by atoms with Crippen molar-refractivity contribution in [2.75, 3.05) is 5.73 Å². The number of anilines is 1. The summed E-state index contributed by atoms with van der Waals surface area (Å²) in [5.74, 6) is 0.0800. The summed E-state index contributed by atoms with van der Waals surface area (Å²) in [5, 5.41) is 8.84. The summed E-state index contributed by atoms with van der Waals surface area (Å²) in [4.78, 5) is 3.55. The van der Waals surface area contributed by atoms with E-state index in [-0.39, 0.29) is 17.3 Å². The molecule has 0 radical (unpaired) electrons. The summed E-state index contributed by atoms with van der Waals surface area (Å²) in [6.45, 7) is -0.429. The molecule has 0 unspecified atom stereocenters. The number of aliphatic hydroxyl groups is 1. The highest BCUT2D eigenvalue weighted by Gasteiger charge is 2.16. The number of nitrogens with zero attached hydrogens (tertiary/aromatic N) is 1. The molecule has 0 aromatic carbocycles. The van der Waals surface area contributed by atoms with Crippen molar-refractivity contribution < 1.29 is 13.9 Å². The standard InChI is InChI=1S/C8H9ClF2N2O/c9-2-4-1-5(12)7(8(10)11)13-6(4)3-14/h1,8,14H,2-3,12H2. The van der Waals surface area contributed by atoms with E-state index in [1.54, 1.807) is 0 Å². The van der Waals surface area contributed by atoms with Crippen molar-refractivity contribution in [3.05, 3.63) is 23.0 Å². The van der Waals surface area contributed by atoms with Gasteiger partial charge in [-0.05, 0) is 11.6 Å².